The van der Waals surface area contributed by atoms with Crippen molar-refractivity contribution in [3.05, 3.63) is 17.5 Å². The molecule has 1 aromatic rings. The first kappa shape index (κ1) is 14.4. The molecule has 1 aromatic heterocycles. The molecular weight excluding hydrogens is 228 g/mol. The normalized spacial score (nSPS) is 13.0. The number of amides is 1. The highest BCUT2D eigenvalue weighted by molar-refractivity contribution is 5.92. The second-order valence-electron chi connectivity index (χ2n) is 5.53. The summed E-state index contributed by atoms with van der Waals surface area (Å²) in [6.07, 6.45) is 0. The zero-order valence-electron chi connectivity index (χ0n) is 12.0. The summed E-state index contributed by atoms with van der Waals surface area (Å²) >= 11 is 0. The standard InChI is InChI=1S/C13H22N4O/c1-8-7-10(17-12(14-6)15-8)11(18)16-9(2)13(3,4)5/h7,9H,1-6H3,(H,16,18)(H,14,15,17). The van der Waals surface area contributed by atoms with E-state index < -0.39 is 0 Å². The molecule has 0 radical (unpaired) electrons. The van der Waals surface area contributed by atoms with E-state index in [0.717, 1.165) is 5.69 Å². The zero-order chi connectivity index (χ0) is 13.9. The highest BCUT2D eigenvalue weighted by atomic mass is 16.1. The summed E-state index contributed by atoms with van der Waals surface area (Å²) in [5.41, 5.74) is 1.18. The minimum absolute atomic E-state index is 0.0174. The Morgan fingerprint density at radius 2 is 1.94 bits per heavy atom. The smallest absolute Gasteiger partial charge is 0.270 e. The Balaban J connectivity index is 2.88. The summed E-state index contributed by atoms with van der Waals surface area (Å²) in [7, 11) is 1.73. The van der Waals surface area contributed by atoms with Crippen LogP contribution >= 0.6 is 0 Å². The molecule has 5 heteroatoms. The van der Waals surface area contributed by atoms with E-state index in [0.29, 0.717) is 11.6 Å². The topological polar surface area (TPSA) is 66.9 Å². The van der Waals surface area contributed by atoms with Gasteiger partial charge in [-0.25, -0.2) is 9.97 Å². The maximum Gasteiger partial charge on any atom is 0.270 e. The average molecular weight is 250 g/mol. The summed E-state index contributed by atoms with van der Waals surface area (Å²) < 4.78 is 0. The maximum atomic E-state index is 12.1. The SMILES string of the molecule is CNc1nc(C)cc(C(=O)NC(C)C(C)(C)C)n1. The van der Waals surface area contributed by atoms with Crippen LogP contribution in [0.3, 0.4) is 0 Å². The molecule has 0 aliphatic heterocycles. The van der Waals surface area contributed by atoms with Crippen molar-refractivity contribution in [2.24, 2.45) is 5.41 Å². The Labute approximate surface area is 108 Å². The van der Waals surface area contributed by atoms with Gasteiger partial charge in [0.25, 0.3) is 5.91 Å². The molecule has 18 heavy (non-hydrogen) atoms. The number of aryl methyl sites for hydroxylation is 1. The first-order chi connectivity index (χ1) is 8.24. The van der Waals surface area contributed by atoms with E-state index in [2.05, 4.69) is 41.4 Å². The van der Waals surface area contributed by atoms with Crippen molar-refractivity contribution in [3.8, 4) is 0 Å². The van der Waals surface area contributed by atoms with Gasteiger partial charge in [-0.3, -0.25) is 4.79 Å². The Kier molecular flexibility index (Phi) is 4.27. The molecule has 0 saturated carbocycles. The number of carbonyl (C=O) groups is 1. The van der Waals surface area contributed by atoms with Crippen LogP contribution in [-0.2, 0) is 0 Å². The van der Waals surface area contributed by atoms with Crippen LogP contribution in [0.4, 0.5) is 5.95 Å². The molecule has 0 saturated heterocycles. The van der Waals surface area contributed by atoms with Crippen LogP contribution in [-0.4, -0.2) is 29.0 Å². The van der Waals surface area contributed by atoms with Gasteiger partial charge in [0, 0.05) is 18.8 Å². The number of aromatic nitrogens is 2. The number of nitrogens with zero attached hydrogens (tertiary/aromatic N) is 2. The first-order valence-corrected chi connectivity index (χ1v) is 6.08. The van der Waals surface area contributed by atoms with Crippen molar-refractivity contribution in [3.63, 3.8) is 0 Å². The number of anilines is 1. The Hall–Kier alpha value is -1.65. The first-order valence-electron chi connectivity index (χ1n) is 6.08. The molecule has 1 unspecified atom stereocenters. The number of carbonyl (C=O) groups excluding carboxylic acids is 1. The van der Waals surface area contributed by atoms with E-state index in [1.54, 1.807) is 13.1 Å². The Morgan fingerprint density at radius 3 is 2.44 bits per heavy atom. The van der Waals surface area contributed by atoms with Crippen LogP contribution in [0.15, 0.2) is 6.07 Å². The molecule has 0 bridgehead atoms. The molecule has 1 amide bonds. The second kappa shape index (κ2) is 5.33. The third-order valence-corrected chi connectivity index (χ3v) is 2.96. The van der Waals surface area contributed by atoms with Gasteiger partial charge in [-0.2, -0.15) is 0 Å². The van der Waals surface area contributed by atoms with Crippen LogP contribution in [0.1, 0.15) is 43.9 Å². The number of rotatable bonds is 3. The van der Waals surface area contributed by atoms with E-state index in [1.165, 1.54) is 0 Å². The van der Waals surface area contributed by atoms with Crippen molar-refractivity contribution in [2.75, 3.05) is 12.4 Å². The van der Waals surface area contributed by atoms with Crippen molar-refractivity contribution in [2.45, 2.75) is 40.7 Å². The van der Waals surface area contributed by atoms with Crippen molar-refractivity contribution < 1.29 is 4.79 Å². The predicted octanol–water partition coefficient (Wildman–Crippen LogP) is 1.99. The van der Waals surface area contributed by atoms with Gasteiger partial charge in [-0.05, 0) is 25.3 Å². The van der Waals surface area contributed by atoms with Gasteiger partial charge in [-0.1, -0.05) is 20.8 Å². The lowest BCUT2D eigenvalue weighted by Crippen LogP contribution is -2.41. The number of hydrogen-bond donors (Lipinski definition) is 2. The van der Waals surface area contributed by atoms with Gasteiger partial charge in [-0.15, -0.1) is 0 Å². The fourth-order valence-corrected chi connectivity index (χ4v) is 1.28. The fraction of sp³-hybridized carbons (Fsp3) is 0.615. The molecule has 1 atom stereocenters. The van der Waals surface area contributed by atoms with E-state index in [9.17, 15) is 4.79 Å². The summed E-state index contributed by atoms with van der Waals surface area (Å²) in [5.74, 6) is 0.294. The lowest BCUT2D eigenvalue weighted by atomic mass is 9.88. The molecule has 1 rings (SSSR count). The third kappa shape index (κ3) is 3.68. The van der Waals surface area contributed by atoms with Gasteiger partial charge in [0.15, 0.2) is 0 Å². The summed E-state index contributed by atoms with van der Waals surface area (Å²) in [6.45, 7) is 10.1. The van der Waals surface area contributed by atoms with E-state index in [1.807, 2.05) is 13.8 Å². The summed E-state index contributed by atoms with van der Waals surface area (Å²) in [6, 6.07) is 1.75. The number of nitrogens with one attached hydrogen (secondary N) is 2. The summed E-state index contributed by atoms with van der Waals surface area (Å²) in [4.78, 5) is 20.4. The molecule has 0 aliphatic rings. The molecule has 5 nitrogen and oxygen atoms in total. The van der Waals surface area contributed by atoms with Gasteiger partial charge >= 0.3 is 0 Å². The zero-order valence-corrected chi connectivity index (χ0v) is 12.0. The van der Waals surface area contributed by atoms with Gasteiger partial charge in [0.05, 0.1) is 0 Å². The fourth-order valence-electron chi connectivity index (χ4n) is 1.28. The van der Waals surface area contributed by atoms with Crippen LogP contribution < -0.4 is 10.6 Å². The molecule has 0 spiro atoms. The van der Waals surface area contributed by atoms with E-state index >= 15 is 0 Å². The molecule has 100 valence electrons. The van der Waals surface area contributed by atoms with Gasteiger partial charge in [0.1, 0.15) is 5.69 Å². The maximum absolute atomic E-state index is 12.1. The van der Waals surface area contributed by atoms with Crippen LogP contribution in [0.25, 0.3) is 0 Å². The Morgan fingerprint density at radius 1 is 1.33 bits per heavy atom. The van der Waals surface area contributed by atoms with Crippen molar-refractivity contribution in [1.29, 1.82) is 0 Å². The lowest BCUT2D eigenvalue weighted by Gasteiger charge is -2.27. The molecule has 0 aromatic carbocycles. The quantitative estimate of drug-likeness (QED) is 0.861. The number of hydrogen-bond acceptors (Lipinski definition) is 4. The molecular formula is C13H22N4O. The average Bonchev–Trinajstić information content (AvgIpc) is 2.26. The van der Waals surface area contributed by atoms with Crippen LogP contribution in [0.2, 0.25) is 0 Å². The van der Waals surface area contributed by atoms with Crippen molar-refractivity contribution >= 4 is 11.9 Å². The van der Waals surface area contributed by atoms with E-state index in [4.69, 9.17) is 0 Å². The second-order valence-corrected chi connectivity index (χ2v) is 5.53. The largest absolute Gasteiger partial charge is 0.357 e. The minimum atomic E-state index is -0.167. The monoisotopic (exact) mass is 250 g/mol. The van der Waals surface area contributed by atoms with Crippen LogP contribution in [0, 0.1) is 12.3 Å². The molecule has 0 fully saturated rings. The summed E-state index contributed by atoms with van der Waals surface area (Å²) in [5, 5.41) is 5.80. The minimum Gasteiger partial charge on any atom is -0.357 e. The lowest BCUT2D eigenvalue weighted by molar-refractivity contribution is 0.0905. The molecule has 1 heterocycles. The van der Waals surface area contributed by atoms with Gasteiger partial charge < -0.3 is 10.6 Å². The van der Waals surface area contributed by atoms with Crippen molar-refractivity contribution in [1.82, 2.24) is 15.3 Å². The highest BCUT2D eigenvalue weighted by Crippen LogP contribution is 2.18. The van der Waals surface area contributed by atoms with E-state index in [-0.39, 0.29) is 17.4 Å². The van der Waals surface area contributed by atoms with Gasteiger partial charge in [0.2, 0.25) is 5.95 Å². The molecule has 2 N–H and O–H groups in total. The highest BCUT2D eigenvalue weighted by Gasteiger charge is 2.22. The third-order valence-electron chi connectivity index (χ3n) is 2.96. The Bertz CT molecular complexity index is 437. The predicted molar refractivity (Wildman–Crippen MR) is 72.7 cm³/mol. The molecule has 0 aliphatic carbocycles. The van der Waals surface area contributed by atoms with Crippen LogP contribution in [0.5, 0.6) is 0 Å².